The van der Waals surface area contributed by atoms with Crippen molar-refractivity contribution in [1.82, 2.24) is 9.78 Å². The molecule has 7 heteroatoms. The lowest BCUT2D eigenvalue weighted by Crippen LogP contribution is -2.20. The van der Waals surface area contributed by atoms with Crippen molar-refractivity contribution in [3.05, 3.63) is 11.3 Å². The van der Waals surface area contributed by atoms with Gasteiger partial charge < -0.3 is 5.73 Å². The fourth-order valence-electron chi connectivity index (χ4n) is 1.03. The van der Waals surface area contributed by atoms with Crippen LogP contribution in [0.1, 0.15) is 11.3 Å². The van der Waals surface area contributed by atoms with Crippen LogP contribution in [0.2, 0.25) is 0 Å². The van der Waals surface area contributed by atoms with Gasteiger partial charge in [0.2, 0.25) is 0 Å². The van der Waals surface area contributed by atoms with Crippen molar-refractivity contribution in [2.45, 2.75) is 19.6 Å². The summed E-state index contributed by atoms with van der Waals surface area (Å²) in [5.74, 6) is -0.248. The second kappa shape index (κ2) is 3.21. The Morgan fingerprint density at radius 1 is 1.57 bits per heavy atom. The van der Waals surface area contributed by atoms with Gasteiger partial charge in [0.05, 0.1) is 5.69 Å². The Morgan fingerprint density at radius 2 is 2.14 bits per heavy atom. The third-order valence-corrected chi connectivity index (χ3v) is 1.61. The van der Waals surface area contributed by atoms with Crippen molar-refractivity contribution in [2.24, 2.45) is 0 Å². The van der Waals surface area contributed by atoms with Gasteiger partial charge in [0.1, 0.15) is 24.0 Å². The number of anilines is 1. The zero-order chi connectivity index (χ0) is 10.9. The van der Waals surface area contributed by atoms with Gasteiger partial charge in [-0.25, -0.2) is 4.68 Å². The van der Waals surface area contributed by atoms with Gasteiger partial charge in [-0.3, -0.25) is 0 Å². The standard InChI is InChI=1S/C7H7F3N4/c1-4-5(2-11)6(12)14(13-4)3-7(8,9)10/h3,12H2,1H3. The molecule has 0 aliphatic rings. The summed E-state index contributed by atoms with van der Waals surface area (Å²) in [5, 5.41) is 12.1. The average molecular weight is 204 g/mol. The highest BCUT2D eigenvalue weighted by Crippen LogP contribution is 2.22. The lowest BCUT2D eigenvalue weighted by atomic mass is 10.3. The number of rotatable bonds is 1. The van der Waals surface area contributed by atoms with Crippen LogP contribution in [0.3, 0.4) is 0 Å². The third-order valence-electron chi connectivity index (χ3n) is 1.61. The summed E-state index contributed by atoms with van der Waals surface area (Å²) < 4.78 is 36.5. The maximum Gasteiger partial charge on any atom is 0.408 e. The molecular weight excluding hydrogens is 197 g/mol. The van der Waals surface area contributed by atoms with Crippen LogP contribution in [0.4, 0.5) is 19.0 Å². The molecule has 0 bridgehead atoms. The fourth-order valence-corrected chi connectivity index (χ4v) is 1.03. The highest BCUT2D eigenvalue weighted by Gasteiger charge is 2.30. The summed E-state index contributed by atoms with van der Waals surface area (Å²) in [7, 11) is 0. The Bertz CT molecular complexity index is 385. The van der Waals surface area contributed by atoms with Crippen LogP contribution in [0.15, 0.2) is 0 Å². The SMILES string of the molecule is Cc1nn(CC(F)(F)F)c(N)c1C#N. The molecule has 0 spiro atoms. The Balaban J connectivity index is 3.08. The summed E-state index contributed by atoms with van der Waals surface area (Å²) in [6.07, 6.45) is -4.39. The first-order valence-corrected chi connectivity index (χ1v) is 3.65. The maximum atomic E-state index is 12.0. The molecule has 76 valence electrons. The molecule has 0 fully saturated rings. The van der Waals surface area contributed by atoms with E-state index in [1.165, 1.54) is 6.92 Å². The largest absolute Gasteiger partial charge is 0.408 e. The van der Waals surface area contributed by atoms with Crippen molar-refractivity contribution >= 4 is 5.82 Å². The molecule has 0 saturated heterocycles. The van der Waals surface area contributed by atoms with Crippen LogP contribution in [-0.4, -0.2) is 16.0 Å². The summed E-state index contributed by atoms with van der Waals surface area (Å²) in [6, 6.07) is 1.69. The number of hydrogen-bond acceptors (Lipinski definition) is 3. The number of alkyl halides is 3. The summed E-state index contributed by atoms with van der Waals surface area (Å²) in [5.41, 5.74) is 5.50. The van der Waals surface area contributed by atoms with Crippen molar-refractivity contribution in [2.75, 3.05) is 5.73 Å². The molecule has 1 rings (SSSR count). The van der Waals surface area contributed by atoms with E-state index >= 15 is 0 Å². The number of nitriles is 1. The molecule has 0 aromatic carbocycles. The van der Waals surface area contributed by atoms with E-state index in [-0.39, 0.29) is 17.1 Å². The molecule has 14 heavy (non-hydrogen) atoms. The van der Waals surface area contributed by atoms with Crippen molar-refractivity contribution in [3.8, 4) is 6.07 Å². The second-order valence-corrected chi connectivity index (χ2v) is 2.73. The van der Waals surface area contributed by atoms with E-state index in [9.17, 15) is 13.2 Å². The average Bonchev–Trinajstić information content (AvgIpc) is 2.24. The van der Waals surface area contributed by atoms with Gasteiger partial charge in [-0.05, 0) is 6.92 Å². The number of aryl methyl sites for hydroxylation is 1. The van der Waals surface area contributed by atoms with E-state index in [4.69, 9.17) is 11.0 Å². The molecule has 1 aromatic heterocycles. The second-order valence-electron chi connectivity index (χ2n) is 2.73. The lowest BCUT2D eigenvalue weighted by molar-refractivity contribution is -0.142. The van der Waals surface area contributed by atoms with Gasteiger partial charge in [-0.2, -0.15) is 23.5 Å². The molecule has 1 aromatic rings. The van der Waals surface area contributed by atoms with Crippen LogP contribution >= 0.6 is 0 Å². The van der Waals surface area contributed by atoms with E-state index in [1.807, 2.05) is 0 Å². The van der Waals surface area contributed by atoms with Crippen LogP contribution in [0.5, 0.6) is 0 Å². The number of nitrogen functional groups attached to an aromatic ring is 1. The molecule has 0 atom stereocenters. The molecular formula is C7H7F3N4. The zero-order valence-corrected chi connectivity index (χ0v) is 7.26. The highest BCUT2D eigenvalue weighted by atomic mass is 19.4. The molecule has 1 heterocycles. The van der Waals surface area contributed by atoms with E-state index in [0.29, 0.717) is 4.68 Å². The predicted molar refractivity (Wildman–Crippen MR) is 42.1 cm³/mol. The van der Waals surface area contributed by atoms with Crippen molar-refractivity contribution < 1.29 is 13.2 Å². The van der Waals surface area contributed by atoms with Crippen LogP contribution in [-0.2, 0) is 6.54 Å². The molecule has 0 amide bonds. The fraction of sp³-hybridized carbons (Fsp3) is 0.429. The molecule has 0 aliphatic heterocycles. The third kappa shape index (κ3) is 1.96. The summed E-state index contributed by atoms with van der Waals surface area (Å²) >= 11 is 0. The van der Waals surface area contributed by atoms with E-state index in [2.05, 4.69) is 5.10 Å². The molecule has 0 unspecified atom stereocenters. The minimum absolute atomic E-state index is 0.00532. The van der Waals surface area contributed by atoms with Gasteiger partial charge in [0.25, 0.3) is 0 Å². The number of nitrogens with two attached hydrogens (primary N) is 1. The smallest absolute Gasteiger partial charge is 0.383 e. The van der Waals surface area contributed by atoms with Crippen LogP contribution in [0.25, 0.3) is 0 Å². The minimum atomic E-state index is -4.39. The predicted octanol–water partition coefficient (Wildman–Crippen LogP) is 1.21. The number of nitrogens with zero attached hydrogens (tertiary/aromatic N) is 3. The first-order chi connectivity index (χ1) is 6.35. The van der Waals surface area contributed by atoms with E-state index < -0.39 is 12.7 Å². The van der Waals surface area contributed by atoms with Gasteiger partial charge in [0, 0.05) is 0 Å². The van der Waals surface area contributed by atoms with Crippen molar-refractivity contribution in [1.29, 1.82) is 5.26 Å². The number of halogens is 3. The Morgan fingerprint density at radius 3 is 2.50 bits per heavy atom. The molecule has 4 nitrogen and oxygen atoms in total. The van der Waals surface area contributed by atoms with Gasteiger partial charge in [0.15, 0.2) is 0 Å². The van der Waals surface area contributed by atoms with Gasteiger partial charge >= 0.3 is 6.18 Å². The van der Waals surface area contributed by atoms with Crippen LogP contribution in [0, 0.1) is 18.3 Å². The first-order valence-electron chi connectivity index (χ1n) is 3.65. The van der Waals surface area contributed by atoms with Gasteiger partial charge in [-0.15, -0.1) is 0 Å². The number of hydrogen-bond donors (Lipinski definition) is 1. The minimum Gasteiger partial charge on any atom is -0.383 e. The molecule has 2 N–H and O–H groups in total. The van der Waals surface area contributed by atoms with Crippen molar-refractivity contribution in [3.63, 3.8) is 0 Å². The van der Waals surface area contributed by atoms with E-state index in [0.717, 1.165) is 0 Å². The Labute approximate surface area is 77.7 Å². The quantitative estimate of drug-likeness (QED) is 0.747. The highest BCUT2D eigenvalue weighted by molar-refractivity contribution is 5.51. The van der Waals surface area contributed by atoms with Crippen LogP contribution < -0.4 is 5.73 Å². The monoisotopic (exact) mass is 204 g/mol. The normalized spacial score (nSPS) is 11.4. The van der Waals surface area contributed by atoms with Gasteiger partial charge in [-0.1, -0.05) is 0 Å². The van der Waals surface area contributed by atoms with E-state index in [1.54, 1.807) is 6.07 Å². The Hall–Kier alpha value is -1.71. The zero-order valence-electron chi connectivity index (χ0n) is 7.26. The topological polar surface area (TPSA) is 67.6 Å². The molecule has 0 aliphatic carbocycles. The summed E-state index contributed by atoms with van der Waals surface area (Å²) in [6.45, 7) is 0.156. The maximum absolute atomic E-state index is 12.0. The molecule has 0 saturated carbocycles. The number of aromatic nitrogens is 2. The Kier molecular flexibility index (Phi) is 2.38. The lowest BCUT2D eigenvalue weighted by Gasteiger charge is -2.07. The summed E-state index contributed by atoms with van der Waals surface area (Å²) in [4.78, 5) is 0. The first kappa shape index (κ1) is 10.4. The molecule has 0 radical (unpaired) electrons.